The number of aliphatic hydroxyl groups is 23. The maximum absolute atomic E-state index is 13.6. The fourth-order valence-electron chi connectivity index (χ4n) is 13.2. The maximum atomic E-state index is 13.6. The number of carbonyl (C=O) groups excluding carboxylic acids is 3. The van der Waals surface area contributed by atoms with Gasteiger partial charge in [0.15, 0.2) is 44.0 Å². The first kappa shape index (κ1) is 85.0. The van der Waals surface area contributed by atoms with Crippen LogP contribution in [0.5, 0.6) is 0 Å². The van der Waals surface area contributed by atoms with Crippen LogP contribution in [0.15, 0.2) is 0 Å². The normalized spacial score (nSPS) is 48.3. The van der Waals surface area contributed by atoms with Crippen molar-refractivity contribution >= 4 is 23.7 Å². The fraction of sp³-hybridized carbons (Fsp3) is 0.930. The van der Waals surface area contributed by atoms with Crippen LogP contribution in [0, 0.1) is 0 Å². The van der Waals surface area contributed by atoms with Crippen molar-refractivity contribution in [1.29, 1.82) is 0 Å². The Labute approximate surface area is 582 Å². The van der Waals surface area contributed by atoms with Gasteiger partial charge in [0.2, 0.25) is 17.7 Å². The smallest absolute Gasteiger partial charge is 0.364 e. The summed E-state index contributed by atoms with van der Waals surface area (Å²) in [6.07, 6.45) is -79.7. The summed E-state index contributed by atoms with van der Waals surface area (Å²) < 4.78 is 88.4. The van der Waals surface area contributed by atoms with Gasteiger partial charge in [-0.05, 0) is 6.92 Å². The molecule has 0 aromatic heterocycles. The number of ether oxygens (including phenoxy) is 15. The van der Waals surface area contributed by atoms with Gasteiger partial charge >= 0.3 is 5.97 Å². The molecule has 0 aromatic rings. The van der Waals surface area contributed by atoms with Crippen molar-refractivity contribution < 1.29 is 213 Å². The summed E-state index contributed by atoms with van der Waals surface area (Å²) in [7, 11) is 0. The highest BCUT2D eigenvalue weighted by molar-refractivity contribution is 5.77. The minimum Gasteiger partial charge on any atom is -0.477 e. The molecule has 27 N–H and O–H groups in total. The number of amides is 3. The minimum atomic E-state index is -3.36. The number of carboxylic acids is 1. The topological polar surface area (TPSA) is 728 Å². The predicted molar refractivity (Wildman–Crippen MR) is 315 cm³/mol. The molecule has 0 saturated carbocycles. The molecule has 0 bridgehead atoms. The highest BCUT2D eigenvalue weighted by Crippen LogP contribution is 2.42. The highest BCUT2D eigenvalue weighted by Gasteiger charge is 2.63. The summed E-state index contributed by atoms with van der Waals surface area (Å²) in [6.45, 7) is -3.95. The van der Waals surface area contributed by atoms with E-state index in [1.165, 1.54) is 6.92 Å². The molecule has 8 saturated heterocycles. The van der Waals surface area contributed by atoms with Crippen LogP contribution in [0.25, 0.3) is 0 Å². The first-order valence-electron chi connectivity index (χ1n) is 32.6. The predicted octanol–water partition coefficient (Wildman–Crippen LogP) is -17.8. The van der Waals surface area contributed by atoms with Crippen LogP contribution >= 0.6 is 0 Å². The summed E-state index contributed by atoms with van der Waals surface area (Å²) in [4.78, 5) is 52.1. The zero-order valence-electron chi connectivity index (χ0n) is 55.2. The average molecular weight is 1510 g/mol. The molecular formula is C57H95N3O43. The van der Waals surface area contributed by atoms with Crippen LogP contribution in [0.2, 0.25) is 0 Å². The highest BCUT2D eigenvalue weighted by atomic mass is 16.8. The molecule has 8 aliphatic rings. The Bertz CT molecular complexity index is 2720. The lowest BCUT2D eigenvalue weighted by Gasteiger charge is -2.52. The van der Waals surface area contributed by atoms with Crippen LogP contribution in [0.1, 0.15) is 34.1 Å². The molecule has 8 heterocycles. The second kappa shape index (κ2) is 36.3. The van der Waals surface area contributed by atoms with E-state index in [0.717, 1.165) is 20.8 Å². The second-order valence-corrected chi connectivity index (χ2v) is 26.0. The molecule has 596 valence electrons. The van der Waals surface area contributed by atoms with Gasteiger partial charge in [-0.1, -0.05) is 0 Å². The van der Waals surface area contributed by atoms with Crippen LogP contribution in [0.3, 0.4) is 0 Å². The van der Waals surface area contributed by atoms with E-state index >= 15 is 0 Å². The van der Waals surface area contributed by atoms with Crippen LogP contribution in [0.4, 0.5) is 0 Å². The molecule has 46 heteroatoms. The average Bonchev–Trinajstić information content (AvgIpc) is 0.755. The number of aliphatic carboxylic acids is 1. The van der Waals surface area contributed by atoms with Crippen molar-refractivity contribution in [3.8, 4) is 0 Å². The lowest BCUT2D eigenvalue weighted by Crippen LogP contribution is -2.72. The van der Waals surface area contributed by atoms with Gasteiger partial charge in [-0.2, -0.15) is 0 Å². The largest absolute Gasteiger partial charge is 0.477 e. The molecule has 8 aliphatic heterocycles. The molecular weight excluding hydrogens is 1410 g/mol. The molecule has 41 atom stereocenters. The zero-order valence-corrected chi connectivity index (χ0v) is 55.2. The second-order valence-electron chi connectivity index (χ2n) is 26.0. The number of hydrogen-bond acceptors (Lipinski definition) is 42. The lowest BCUT2D eigenvalue weighted by atomic mass is 9.88. The zero-order chi connectivity index (χ0) is 76.3. The number of nitrogens with one attached hydrogen (secondary N) is 3. The van der Waals surface area contributed by atoms with Crippen molar-refractivity contribution in [2.24, 2.45) is 0 Å². The molecule has 8 fully saturated rings. The van der Waals surface area contributed by atoms with Gasteiger partial charge in [0.25, 0.3) is 5.79 Å². The number of carboxylic acid groups (broad SMARTS) is 1. The van der Waals surface area contributed by atoms with Gasteiger partial charge in [-0.15, -0.1) is 0 Å². The van der Waals surface area contributed by atoms with Crippen molar-refractivity contribution in [3.05, 3.63) is 0 Å². The van der Waals surface area contributed by atoms with Gasteiger partial charge in [0, 0.05) is 27.2 Å². The molecule has 0 spiro atoms. The van der Waals surface area contributed by atoms with E-state index in [-0.39, 0.29) is 0 Å². The van der Waals surface area contributed by atoms with E-state index in [1.54, 1.807) is 0 Å². The number of hydrogen-bond donors (Lipinski definition) is 27. The number of aliphatic hydroxyl groups excluding tert-OH is 23. The number of rotatable bonds is 27. The molecule has 0 unspecified atom stereocenters. The van der Waals surface area contributed by atoms with Crippen molar-refractivity contribution in [1.82, 2.24) is 16.0 Å². The standard InChI is InChI=1S/C57H95N3O43/c1-13-28(72)34(78)38(82)52(90-13)99-44-23(11-66)95-51(27(60-16(4)69)46(44)100-55-41(85)48(31(75)20(8-63)93-55)103-57(56(87)88)5-17(70)25(58-14(2)67)45(102-57)29(73)18(71)6-61)101-47-32(76)24(96-54(40(47)84)98-43-21(9-64)91-49(86)37(81)36(43)80)12-89-50-26(59-15(3)68)33(77)42(22(10-65)94-50)97-53-39(83)35(79)30(74)19(7-62)92-53/h13,17-55,61-66,70-86H,5-12H2,1-4H3,(H,58,67)(H,59,68)(H,60,69)(H,87,88)/t13-,17-,18+,19+,20+,21+,22+,23+,24+,25+,26+,27+,28+,29+,30-,31-,32-,33+,34+,35-,36+,37+,38-,39+,40+,41+,42+,43+,44+,45+,46+,47-,48-,49-,50+,51-,52-,53-,54-,55-,57-/m0/s1. The van der Waals surface area contributed by atoms with Gasteiger partial charge in [0.1, 0.15) is 183 Å². The number of carbonyl (C=O) groups is 4. The third-order valence-corrected chi connectivity index (χ3v) is 18.8. The monoisotopic (exact) mass is 1510 g/mol. The quantitative estimate of drug-likeness (QED) is 0.0363. The molecule has 0 aliphatic carbocycles. The minimum absolute atomic E-state index is 0.868. The Kier molecular flexibility index (Phi) is 29.9. The Hall–Kier alpha value is -3.64. The maximum Gasteiger partial charge on any atom is 0.364 e. The van der Waals surface area contributed by atoms with Crippen molar-refractivity contribution in [3.63, 3.8) is 0 Å². The summed E-state index contributed by atoms with van der Waals surface area (Å²) in [5, 5.41) is 271. The Balaban J connectivity index is 1.17. The molecule has 8 rings (SSSR count). The summed E-state index contributed by atoms with van der Waals surface area (Å²) in [6, 6.07) is -5.75. The summed E-state index contributed by atoms with van der Waals surface area (Å²) in [5.41, 5.74) is 0. The summed E-state index contributed by atoms with van der Waals surface area (Å²) >= 11 is 0. The fourth-order valence-corrected chi connectivity index (χ4v) is 13.2. The van der Waals surface area contributed by atoms with E-state index in [1.807, 2.05) is 0 Å². The van der Waals surface area contributed by atoms with Crippen LogP contribution < -0.4 is 16.0 Å². The lowest BCUT2D eigenvalue weighted by molar-refractivity contribution is -0.400. The van der Waals surface area contributed by atoms with E-state index in [0.29, 0.717) is 0 Å². The van der Waals surface area contributed by atoms with Gasteiger partial charge in [-0.25, -0.2) is 4.79 Å². The van der Waals surface area contributed by atoms with Crippen LogP contribution in [-0.2, 0) is 90.2 Å². The first-order chi connectivity index (χ1) is 48.5. The molecule has 3 amide bonds. The third-order valence-electron chi connectivity index (χ3n) is 18.8. The molecule has 46 nitrogen and oxygen atoms in total. The SMILES string of the molecule is CC(=O)N[C@H]1[C@H](OC[C@H]2O[C@@H](O[C@H]3[C@H](O)[C@@H](O)[C@@H](O)O[C@@H]3CO)[C@H](O)[C@@H](O[C@@H]3O[C@H](CO)[C@@H](O[C@@H]4O[C@@H](C)[C@@H](O)[C@@H](O)[C@@H]4O)[C@H](O[C@@H]4O[C@H](CO)[C@H](O)[C@H](O[C@]5(C(=O)O)C[C@H](O)[C@@H](NC(C)=O)[C@H]([C@H](O)[C@H](O)CO)O5)[C@H]4O)[C@H]3NC(C)=O)[C@H]2O)O[C@H](CO)[C@@H](O[C@@H]2O[C@H](CO)[C@H](O)[C@H](O)[C@H]2O)[C@@H]1O. The van der Waals surface area contributed by atoms with Gasteiger partial charge < -0.3 is 210 Å². The van der Waals surface area contributed by atoms with Crippen LogP contribution in [-0.4, -0.2) is 444 Å². The molecule has 0 radical (unpaired) electrons. The Morgan fingerprint density at radius 2 is 0.845 bits per heavy atom. The first-order valence-corrected chi connectivity index (χ1v) is 32.6. The van der Waals surface area contributed by atoms with E-state index < -0.39 is 327 Å². The van der Waals surface area contributed by atoms with Gasteiger partial charge in [0.05, 0.1) is 64.5 Å². The molecule has 0 aromatic carbocycles. The van der Waals surface area contributed by atoms with Gasteiger partial charge in [-0.3, -0.25) is 14.4 Å². The Morgan fingerprint density at radius 3 is 1.40 bits per heavy atom. The third kappa shape index (κ3) is 18.5. The molecule has 103 heavy (non-hydrogen) atoms. The van der Waals surface area contributed by atoms with E-state index in [9.17, 15) is 142 Å². The van der Waals surface area contributed by atoms with Crippen molar-refractivity contribution in [2.45, 2.75) is 285 Å². The Morgan fingerprint density at radius 1 is 0.417 bits per heavy atom. The van der Waals surface area contributed by atoms with E-state index in [2.05, 4.69) is 16.0 Å². The summed E-state index contributed by atoms with van der Waals surface area (Å²) in [5.74, 6) is -8.41. The van der Waals surface area contributed by atoms with E-state index in [4.69, 9.17) is 71.1 Å². The van der Waals surface area contributed by atoms with Crippen molar-refractivity contribution in [2.75, 3.05) is 46.2 Å².